The van der Waals surface area contributed by atoms with Crippen molar-refractivity contribution < 1.29 is 13.2 Å². The molecule has 0 fully saturated rings. The highest BCUT2D eigenvalue weighted by Crippen LogP contribution is 2.54. The zero-order valence-electron chi connectivity index (χ0n) is 12.6. The van der Waals surface area contributed by atoms with Crippen LogP contribution in [-0.2, 0) is 6.18 Å². The first-order valence-electron chi connectivity index (χ1n) is 7.84. The van der Waals surface area contributed by atoms with Crippen LogP contribution in [0.15, 0.2) is 54.6 Å². The minimum Gasteiger partial charge on any atom is -0.376 e. The Bertz CT molecular complexity index is 798. The van der Waals surface area contributed by atoms with E-state index in [2.05, 4.69) is 5.32 Å². The van der Waals surface area contributed by atoms with Gasteiger partial charge in [-0.15, -0.1) is 0 Å². The quantitative estimate of drug-likeness (QED) is 0.606. The maximum absolute atomic E-state index is 13.5. The van der Waals surface area contributed by atoms with Crippen molar-refractivity contribution in [1.82, 2.24) is 0 Å². The Balaban J connectivity index is 1.89. The van der Waals surface area contributed by atoms with Crippen LogP contribution in [-0.4, -0.2) is 0 Å². The van der Waals surface area contributed by atoms with Crippen LogP contribution in [0.3, 0.4) is 0 Å². The van der Waals surface area contributed by atoms with Gasteiger partial charge in [0.15, 0.2) is 0 Å². The summed E-state index contributed by atoms with van der Waals surface area (Å²) in [6, 6.07) is 12.2. The van der Waals surface area contributed by atoms with Gasteiger partial charge in [-0.05, 0) is 35.6 Å². The van der Waals surface area contributed by atoms with Crippen molar-refractivity contribution in [3.05, 3.63) is 76.3 Å². The van der Waals surface area contributed by atoms with Crippen molar-refractivity contribution in [3.8, 4) is 0 Å². The number of rotatable bonds is 1. The minimum absolute atomic E-state index is 0.0551. The van der Waals surface area contributed by atoms with Crippen LogP contribution >= 0.6 is 11.6 Å². The number of alkyl halides is 3. The average Bonchev–Trinajstić information content (AvgIpc) is 3.04. The summed E-state index contributed by atoms with van der Waals surface area (Å²) in [5.74, 6) is -0.221. The van der Waals surface area contributed by atoms with E-state index in [-0.39, 0.29) is 23.4 Å². The Morgan fingerprint density at radius 3 is 2.50 bits per heavy atom. The highest BCUT2D eigenvalue weighted by atomic mass is 35.5. The second kappa shape index (κ2) is 5.55. The minimum atomic E-state index is -4.39. The second-order valence-electron chi connectivity index (χ2n) is 6.27. The van der Waals surface area contributed by atoms with Gasteiger partial charge in [0.2, 0.25) is 0 Å². The maximum atomic E-state index is 13.5. The fraction of sp³-hybridized carbons (Fsp3) is 0.263. The van der Waals surface area contributed by atoms with Gasteiger partial charge in [0.25, 0.3) is 0 Å². The third-order valence-corrected chi connectivity index (χ3v) is 5.25. The number of anilines is 1. The molecule has 0 radical (unpaired) electrons. The summed E-state index contributed by atoms with van der Waals surface area (Å²) >= 11 is 6.25. The van der Waals surface area contributed by atoms with Crippen LogP contribution in [0.1, 0.15) is 35.1 Å². The molecule has 2 aromatic rings. The average molecular weight is 350 g/mol. The van der Waals surface area contributed by atoms with Crippen molar-refractivity contribution in [2.24, 2.45) is 5.92 Å². The predicted octanol–water partition coefficient (Wildman–Crippen LogP) is 6.19. The van der Waals surface area contributed by atoms with E-state index >= 15 is 0 Å². The molecule has 3 atom stereocenters. The Hall–Kier alpha value is -1.94. The molecule has 0 spiro atoms. The predicted molar refractivity (Wildman–Crippen MR) is 89.2 cm³/mol. The zero-order chi connectivity index (χ0) is 16.9. The Kier molecular flexibility index (Phi) is 3.61. The van der Waals surface area contributed by atoms with Gasteiger partial charge in [-0.3, -0.25) is 0 Å². The molecule has 1 aliphatic heterocycles. The number of hydrogen-bond donors (Lipinski definition) is 1. The van der Waals surface area contributed by atoms with E-state index in [4.69, 9.17) is 11.6 Å². The molecular weight excluding hydrogens is 335 g/mol. The normalized spacial score (nSPS) is 25.1. The fourth-order valence-corrected chi connectivity index (χ4v) is 4.13. The smallest absolute Gasteiger partial charge is 0.376 e. The summed E-state index contributed by atoms with van der Waals surface area (Å²) in [5.41, 5.74) is 1.16. The summed E-state index contributed by atoms with van der Waals surface area (Å²) in [4.78, 5) is 0. The summed E-state index contributed by atoms with van der Waals surface area (Å²) in [5, 5.41) is 3.62. The maximum Gasteiger partial charge on any atom is 0.416 e. The number of benzene rings is 2. The van der Waals surface area contributed by atoms with Gasteiger partial charge in [0, 0.05) is 5.92 Å². The van der Waals surface area contributed by atoms with E-state index in [9.17, 15) is 13.2 Å². The summed E-state index contributed by atoms with van der Waals surface area (Å²) in [6.07, 6.45) is 0.229. The molecule has 1 N–H and O–H groups in total. The monoisotopic (exact) mass is 349 g/mol. The number of nitrogens with one attached hydrogen (secondary N) is 1. The van der Waals surface area contributed by atoms with Crippen molar-refractivity contribution in [1.29, 1.82) is 0 Å². The molecule has 5 heteroatoms. The summed E-state index contributed by atoms with van der Waals surface area (Å²) in [7, 11) is 0. The van der Waals surface area contributed by atoms with Gasteiger partial charge in [0.1, 0.15) is 0 Å². The molecular formula is C19H15ClF3N. The van der Waals surface area contributed by atoms with Crippen LogP contribution in [0.25, 0.3) is 0 Å². The van der Waals surface area contributed by atoms with E-state index < -0.39 is 11.7 Å². The molecule has 124 valence electrons. The van der Waals surface area contributed by atoms with Crippen LogP contribution in [0.2, 0.25) is 5.02 Å². The molecule has 1 heterocycles. The molecule has 0 amide bonds. The van der Waals surface area contributed by atoms with Crippen LogP contribution in [0, 0.1) is 5.92 Å². The van der Waals surface area contributed by atoms with E-state index in [1.165, 1.54) is 6.07 Å². The molecule has 1 nitrogen and oxygen atoms in total. The Morgan fingerprint density at radius 1 is 1.04 bits per heavy atom. The van der Waals surface area contributed by atoms with Gasteiger partial charge >= 0.3 is 6.18 Å². The third-order valence-electron chi connectivity index (χ3n) is 4.93. The standard InChI is InChI=1S/C19H15ClF3N/c20-15-10-9-14(19(21,22)23)16-12-7-4-8-13(12)17(24-18(15)16)11-5-2-1-3-6-11/h1-7,9-10,12-13,17,24H,8H2/t12-,13+,17+/m1/s1. The van der Waals surface area contributed by atoms with Crippen molar-refractivity contribution in [3.63, 3.8) is 0 Å². The number of fused-ring (bicyclic) bond motifs is 3. The molecule has 0 aromatic heterocycles. The van der Waals surface area contributed by atoms with Crippen molar-refractivity contribution in [2.75, 3.05) is 5.32 Å². The molecule has 0 bridgehead atoms. The highest BCUT2D eigenvalue weighted by Gasteiger charge is 2.44. The molecule has 24 heavy (non-hydrogen) atoms. The Labute approximate surface area is 143 Å². The Morgan fingerprint density at radius 2 is 1.79 bits per heavy atom. The van der Waals surface area contributed by atoms with Gasteiger partial charge in [-0.1, -0.05) is 54.1 Å². The summed E-state index contributed by atoms with van der Waals surface area (Å²) < 4.78 is 40.5. The number of hydrogen-bond acceptors (Lipinski definition) is 1. The van der Waals surface area contributed by atoms with Crippen molar-refractivity contribution in [2.45, 2.75) is 24.6 Å². The topological polar surface area (TPSA) is 12.0 Å². The number of halogens is 4. The number of allylic oxidation sites excluding steroid dienone is 2. The van der Waals surface area contributed by atoms with Gasteiger partial charge < -0.3 is 5.32 Å². The first-order valence-corrected chi connectivity index (χ1v) is 8.22. The van der Waals surface area contributed by atoms with Crippen LogP contribution < -0.4 is 5.32 Å². The lowest BCUT2D eigenvalue weighted by molar-refractivity contribution is -0.138. The lowest BCUT2D eigenvalue weighted by atomic mass is 9.75. The molecule has 2 aliphatic rings. The fourth-order valence-electron chi connectivity index (χ4n) is 3.91. The van der Waals surface area contributed by atoms with Crippen LogP contribution in [0.5, 0.6) is 0 Å². The molecule has 0 unspecified atom stereocenters. The summed E-state index contributed by atoms with van der Waals surface area (Å²) in [6.45, 7) is 0. The highest BCUT2D eigenvalue weighted by molar-refractivity contribution is 6.33. The first-order chi connectivity index (χ1) is 11.5. The molecule has 0 saturated heterocycles. The molecule has 4 rings (SSSR count). The van der Waals surface area contributed by atoms with E-state index in [1.54, 1.807) is 0 Å². The van der Waals surface area contributed by atoms with Gasteiger partial charge in [-0.2, -0.15) is 13.2 Å². The van der Waals surface area contributed by atoms with E-state index in [0.717, 1.165) is 18.1 Å². The lowest BCUT2D eigenvalue weighted by Crippen LogP contribution is -2.31. The zero-order valence-corrected chi connectivity index (χ0v) is 13.4. The second-order valence-corrected chi connectivity index (χ2v) is 6.67. The molecule has 2 aromatic carbocycles. The van der Waals surface area contributed by atoms with Crippen LogP contribution in [0.4, 0.5) is 18.9 Å². The van der Waals surface area contributed by atoms with Gasteiger partial charge in [0.05, 0.1) is 22.3 Å². The van der Waals surface area contributed by atoms with E-state index in [1.807, 2.05) is 42.5 Å². The van der Waals surface area contributed by atoms with E-state index in [0.29, 0.717) is 10.7 Å². The third kappa shape index (κ3) is 2.40. The lowest BCUT2D eigenvalue weighted by Gasteiger charge is -2.39. The largest absolute Gasteiger partial charge is 0.416 e. The molecule has 0 saturated carbocycles. The SMILES string of the molecule is FC(F)(F)c1ccc(Cl)c2c1[C@@H]1C=CC[C@@H]1[C@H](c1ccccc1)N2. The van der Waals surface area contributed by atoms with Gasteiger partial charge in [-0.25, -0.2) is 0 Å². The first kappa shape index (κ1) is 15.6. The molecule has 1 aliphatic carbocycles. The van der Waals surface area contributed by atoms with Crippen molar-refractivity contribution >= 4 is 17.3 Å².